The van der Waals surface area contributed by atoms with Crippen LogP contribution in [0.25, 0.3) is 0 Å². The van der Waals surface area contributed by atoms with Gasteiger partial charge in [0.1, 0.15) is 12.4 Å². The molecule has 0 spiro atoms. The van der Waals surface area contributed by atoms with E-state index in [-0.39, 0.29) is 16.4 Å². The number of ether oxygens (including phenoxy) is 2. The summed E-state index contributed by atoms with van der Waals surface area (Å²) >= 11 is 8.55. The second-order valence-electron chi connectivity index (χ2n) is 7.50. The number of alkyl halides is 3. The van der Waals surface area contributed by atoms with Crippen LogP contribution in [0.2, 0.25) is 0 Å². The molecule has 3 N–H and O–H groups in total. The summed E-state index contributed by atoms with van der Waals surface area (Å²) < 4.78 is 49.7. The summed E-state index contributed by atoms with van der Waals surface area (Å²) in [5, 5.41) is 7.86. The quantitative estimate of drug-likeness (QED) is 0.223. The first kappa shape index (κ1) is 28.1. The molecule has 37 heavy (non-hydrogen) atoms. The third-order valence-electron chi connectivity index (χ3n) is 4.82. The van der Waals surface area contributed by atoms with Crippen molar-refractivity contribution < 1.29 is 32.2 Å². The van der Waals surface area contributed by atoms with Crippen molar-refractivity contribution in [2.75, 3.05) is 31.0 Å². The Morgan fingerprint density at radius 2 is 1.59 bits per heavy atom. The molecule has 0 fully saturated rings. The van der Waals surface area contributed by atoms with E-state index in [9.17, 15) is 22.8 Å². The topological polar surface area (TPSA) is 88.7 Å². The highest BCUT2D eigenvalue weighted by Crippen LogP contribution is 2.31. The van der Waals surface area contributed by atoms with Crippen molar-refractivity contribution in [3.63, 3.8) is 0 Å². The number of anilines is 2. The Balaban J connectivity index is 1.55. The molecule has 0 unspecified atom stereocenters. The Morgan fingerprint density at radius 3 is 2.24 bits per heavy atom. The number of halogens is 4. The molecule has 0 aromatic heterocycles. The van der Waals surface area contributed by atoms with E-state index in [1.54, 1.807) is 37.4 Å². The van der Waals surface area contributed by atoms with Crippen LogP contribution in [0.1, 0.15) is 26.3 Å². The first-order chi connectivity index (χ1) is 17.6. The maximum absolute atomic E-state index is 12.9. The van der Waals surface area contributed by atoms with E-state index >= 15 is 0 Å². The number of benzene rings is 3. The third-order valence-corrected chi connectivity index (χ3v) is 5.64. The molecular weight excluding hydrogens is 575 g/mol. The molecule has 0 aliphatic heterocycles. The molecule has 2 amide bonds. The molecule has 7 nitrogen and oxygen atoms in total. The number of nitrogens with one attached hydrogen (secondary N) is 3. The third kappa shape index (κ3) is 8.27. The minimum atomic E-state index is -4.51. The van der Waals surface area contributed by atoms with Crippen molar-refractivity contribution >= 4 is 56.4 Å². The summed E-state index contributed by atoms with van der Waals surface area (Å²) in [6, 6.07) is 15.2. The fourth-order valence-corrected chi connectivity index (χ4v) is 3.72. The van der Waals surface area contributed by atoms with Crippen LogP contribution in [0, 0.1) is 0 Å². The minimum Gasteiger partial charge on any atom is -0.490 e. The molecule has 3 rings (SSSR count). The van der Waals surface area contributed by atoms with E-state index in [0.717, 1.165) is 12.1 Å². The number of thiocarbonyl (C=S) groups is 1. The van der Waals surface area contributed by atoms with Gasteiger partial charge in [-0.2, -0.15) is 13.2 Å². The zero-order valence-corrected chi connectivity index (χ0v) is 21.7. The molecule has 0 aliphatic rings. The Bertz CT molecular complexity index is 1290. The lowest BCUT2D eigenvalue weighted by molar-refractivity contribution is -0.137. The summed E-state index contributed by atoms with van der Waals surface area (Å²) in [5.74, 6) is -0.466. The van der Waals surface area contributed by atoms with Gasteiger partial charge >= 0.3 is 6.18 Å². The molecular formula is C25H21BrF3N3O4S. The van der Waals surface area contributed by atoms with E-state index in [0.29, 0.717) is 34.7 Å². The molecule has 194 valence electrons. The SMILES string of the molecule is COCCOc1ccc(C(=O)NC(=S)Nc2ccc(C(=O)Nc3cccc(C(F)(F)F)c3)cc2)cc1Br. The van der Waals surface area contributed by atoms with E-state index in [1.165, 1.54) is 24.3 Å². The van der Waals surface area contributed by atoms with E-state index in [1.807, 2.05) is 0 Å². The fourth-order valence-electron chi connectivity index (χ4n) is 3.01. The van der Waals surface area contributed by atoms with Crippen molar-refractivity contribution in [3.8, 4) is 5.75 Å². The van der Waals surface area contributed by atoms with Crippen LogP contribution in [0.4, 0.5) is 24.5 Å². The van der Waals surface area contributed by atoms with Crippen LogP contribution in [-0.4, -0.2) is 37.3 Å². The molecule has 3 aromatic carbocycles. The van der Waals surface area contributed by atoms with Gasteiger partial charge < -0.3 is 20.1 Å². The molecule has 0 aliphatic carbocycles. The number of hydrogen-bond acceptors (Lipinski definition) is 5. The summed E-state index contributed by atoms with van der Waals surface area (Å²) in [7, 11) is 1.57. The highest BCUT2D eigenvalue weighted by atomic mass is 79.9. The summed E-state index contributed by atoms with van der Waals surface area (Å²) in [6.07, 6.45) is -4.51. The van der Waals surface area contributed by atoms with Crippen LogP contribution in [0.3, 0.4) is 0 Å². The molecule has 0 radical (unpaired) electrons. The van der Waals surface area contributed by atoms with E-state index in [4.69, 9.17) is 21.7 Å². The van der Waals surface area contributed by atoms with Crippen LogP contribution < -0.4 is 20.7 Å². The lowest BCUT2D eigenvalue weighted by atomic mass is 10.1. The van der Waals surface area contributed by atoms with Gasteiger partial charge in [-0.05, 0) is 88.8 Å². The van der Waals surface area contributed by atoms with Gasteiger partial charge in [-0.25, -0.2) is 0 Å². The van der Waals surface area contributed by atoms with Crippen LogP contribution >= 0.6 is 28.1 Å². The molecule has 0 saturated heterocycles. The Kier molecular flexibility index (Phi) is 9.61. The normalized spacial score (nSPS) is 10.9. The predicted octanol–water partition coefficient (Wildman–Crippen LogP) is 5.87. The average molecular weight is 596 g/mol. The lowest BCUT2D eigenvalue weighted by Gasteiger charge is -2.12. The molecule has 0 heterocycles. The molecule has 12 heteroatoms. The second-order valence-corrected chi connectivity index (χ2v) is 8.77. The maximum atomic E-state index is 12.9. The smallest absolute Gasteiger partial charge is 0.416 e. The van der Waals surface area contributed by atoms with Gasteiger partial charge in [-0.3, -0.25) is 14.9 Å². The number of hydrogen-bond donors (Lipinski definition) is 3. The molecule has 0 bridgehead atoms. The average Bonchev–Trinajstić information content (AvgIpc) is 2.85. The van der Waals surface area contributed by atoms with Crippen molar-refractivity contribution in [1.29, 1.82) is 0 Å². The second kappa shape index (κ2) is 12.7. The Morgan fingerprint density at radius 1 is 0.892 bits per heavy atom. The van der Waals surface area contributed by atoms with Gasteiger partial charge in [0, 0.05) is 29.6 Å². The fraction of sp³-hybridized carbons (Fsp3) is 0.160. The van der Waals surface area contributed by atoms with Crippen LogP contribution in [0.5, 0.6) is 5.75 Å². The molecule has 0 atom stereocenters. The Hall–Kier alpha value is -3.48. The van der Waals surface area contributed by atoms with E-state index in [2.05, 4.69) is 31.9 Å². The maximum Gasteiger partial charge on any atom is 0.416 e. The van der Waals surface area contributed by atoms with Gasteiger partial charge in [0.15, 0.2) is 5.11 Å². The van der Waals surface area contributed by atoms with Crippen LogP contribution in [-0.2, 0) is 10.9 Å². The van der Waals surface area contributed by atoms with Crippen molar-refractivity contribution in [3.05, 3.63) is 87.9 Å². The van der Waals surface area contributed by atoms with Gasteiger partial charge in [0.25, 0.3) is 11.8 Å². The number of methoxy groups -OCH3 is 1. The highest BCUT2D eigenvalue weighted by Gasteiger charge is 2.30. The zero-order valence-electron chi connectivity index (χ0n) is 19.3. The highest BCUT2D eigenvalue weighted by molar-refractivity contribution is 9.10. The Labute approximate surface area is 224 Å². The number of carbonyl (C=O) groups excluding carboxylic acids is 2. The molecule has 3 aromatic rings. The minimum absolute atomic E-state index is 0.0205. The lowest BCUT2D eigenvalue weighted by Crippen LogP contribution is -2.34. The monoisotopic (exact) mass is 595 g/mol. The largest absolute Gasteiger partial charge is 0.490 e. The van der Waals surface area contributed by atoms with Crippen molar-refractivity contribution in [2.24, 2.45) is 0 Å². The summed E-state index contributed by atoms with van der Waals surface area (Å²) in [6.45, 7) is 0.788. The number of rotatable bonds is 8. The first-order valence-electron chi connectivity index (χ1n) is 10.7. The van der Waals surface area contributed by atoms with Gasteiger partial charge in [-0.1, -0.05) is 6.07 Å². The van der Waals surface area contributed by atoms with Gasteiger partial charge in [0.05, 0.1) is 16.6 Å². The van der Waals surface area contributed by atoms with Crippen LogP contribution in [0.15, 0.2) is 71.2 Å². The summed E-state index contributed by atoms with van der Waals surface area (Å²) in [4.78, 5) is 25.0. The first-order valence-corrected chi connectivity index (χ1v) is 11.9. The predicted molar refractivity (Wildman–Crippen MR) is 141 cm³/mol. The molecule has 0 saturated carbocycles. The van der Waals surface area contributed by atoms with Crippen molar-refractivity contribution in [2.45, 2.75) is 6.18 Å². The number of amides is 2. The standard InChI is InChI=1S/C25H21BrF3N3O4S/c1-35-11-12-36-21-10-7-16(13-20(21)26)23(34)32-24(37)31-18-8-5-15(6-9-18)22(33)30-19-4-2-3-17(14-19)25(27,28)29/h2-10,13-14H,11-12H2,1H3,(H,30,33)(H2,31,32,34,37). The van der Waals surface area contributed by atoms with E-state index < -0.39 is 23.6 Å². The van der Waals surface area contributed by atoms with Gasteiger partial charge in [-0.15, -0.1) is 0 Å². The zero-order chi connectivity index (χ0) is 27.0. The number of carbonyl (C=O) groups is 2. The van der Waals surface area contributed by atoms with Gasteiger partial charge in [0.2, 0.25) is 0 Å². The van der Waals surface area contributed by atoms with Crippen molar-refractivity contribution in [1.82, 2.24) is 5.32 Å². The summed E-state index contributed by atoms with van der Waals surface area (Å²) in [5.41, 5.74) is 0.211.